The Morgan fingerprint density at radius 1 is 0.550 bits per heavy atom. The van der Waals surface area contributed by atoms with Crippen LogP contribution in [0.1, 0.15) is 91.9 Å². The Labute approximate surface area is 239 Å². The van der Waals surface area contributed by atoms with Crippen LogP contribution in [0, 0.1) is 0 Å². The van der Waals surface area contributed by atoms with Crippen LogP contribution >= 0.6 is 0 Å². The predicted octanol–water partition coefficient (Wildman–Crippen LogP) is 8.55. The summed E-state index contributed by atoms with van der Waals surface area (Å²) in [5.41, 5.74) is 0. The number of carbonyl (C=O) groups excluding carboxylic acids is 2. The van der Waals surface area contributed by atoms with E-state index in [1.165, 1.54) is 0 Å². The van der Waals surface area contributed by atoms with E-state index in [0.717, 1.165) is 72.9 Å². The Kier molecular flexibility index (Phi) is 13.1. The van der Waals surface area contributed by atoms with E-state index in [0.29, 0.717) is 37.6 Å². The van der Waals surface area contributed by atoms with Crippen LogP contribution in [-0.2, 0) is 19.1 Å². The molecule has 0 heterocycles. The summed E-state index contributed by atoms with van der Waals surface area (Å²) in [6.45, 7) is 9.11. The van der Waals surface area contributed by atoms with Gasteiger partial charge >= 0.3 is 11.9 Å². The van der Waals surface area contributed by atoms with Crippen molar-refractivity contribution >= 4 is 33.5 Å². The molecular formula is C34H46O6. The Morgan fingerprint density at radius 3 is 1.18 bits per heavy atom. The smallest absolute Gasteiger partial charge is 0.347 e. The van der Waals surface area contributed by atoms with Crippen LogP contribution in [0.3, 0.4) is 0 Å². The number of rotatable bonds is 18. The van der Waals surface area contributed by atoms with Crippen LogP contribution in [-0.4, -0.2) is 37.4 Å². The fraction of sp³-hybridized carbons (Fsp3) is 0.529. The molecule has 0 aliphatic carbocycles. The first-order valence-electron chi connectivity index (χ1n) is 15.2. The van der Waals surface area contributed by atoms with Gasteiger partial charge in [-0.05, 0) is 38.5 Å². The van der Waals surface area contributed by atoms with Crippen LogP contribution in [0.15, 0.2) is 48.5 Å². The molecule has 218 valence electrons. The SMILES string of the molecule is CCCCOC(=O)C(CCCC)Oc1c2ccccc2c(OC(CCCC)C(=O)OCCCC)c2ccccc12. The number of carbonyl (C=O) groups is 2. The zero-order chi connectivity index (χ0) is 28.7. The molecule has 40 heavy (non-hydrogen) atoms. The van der Waals surface area contributed by atoms with Gasteiger partial charge in [0.25, 0.3) is 0 Å². The van der Waals surface area contributed by atoms with E-state index in [4.69, 9.17) is 18.9 Å². The zero-order valence-electron chi connectivity index (χ0n) is 24.7. The van der Waals surface area contributed by atoms with Gasteiger partial charge in [-0.15, -0.1) is 0 Å². The van der Waals surface area contributed by atoms with E-state index in [-0.39, 0.29) is 11.9 Å². The summed E-state index contributed by atoms with van der Waals surface area (Å²) in [5, 5.41) is 3.31. The second-order valence-corrected chi connectivity index (χ2v) is 10.3. The number of ether oxygens (including phenoxy) is 4. The second kappa shape index (κ2) is 16.7. The maximum atomic E-state index is 13.1. The van der Waals surface area contributed by atoms with Crippen molar-refractivity contribution in [3.63, 3.8) is 0 Å². The predicted molar refractivity (Wildman–Crippen MR) is 161 cm³/mol. The molecule has 3 aromatic rings. The molecule has 0 N–H and O–H groups in total. The molecule has 2 unspecified atom stereocenters. The normalized spacial score (nSPS) is 12.7. The van der Waals surface area contributed by atoms with Crippen molar-refractivity contribution in [3.05, 3.63) is 48.5 Å². The third-order valence-electron chi connectivity index (χ3n) is 7.00. The first-order valence-corrected chi connectivity index (χ1v) is 15.2. The molecule has 0 aliphatic rings. The average Bonchev–Trinajstić information content (AvgIpc) is 2.98. The van der Waals surface area contributed by atoms with Gasteiger partial charge in [0.2, 0.25) is 0 Å². The third-order valence-corrected chi connectivity index (χ3v) is 7.00. The summed E-state index contributed by atoms with van der Waals surface area (Å²) >= 11 is 0. The number of esters is 2. The van der Waals surface area contributed by atoms with Crippen molar-refractivity contribution in [2.24, 2.45) is 0 Å². The minimum atomic E-state index is -0.707. The van der Waals surface area contributed by atoms with E-state index in [1.54, 1.807) is 0 Å². The van der Waals surface area contributed by atoms with E-state index >= 15 is 0 Å². The van der Waals surface area contributed by atoms with Gasteiger partial charge in [0.1, 0.15) is 11.5 Å². The molecule has 0 bridgehead atoms. The fourth-order valence-electron chi connectivity index (χ4n) is 4.64. The third kappa shape index (κ3) is 8.36. The Hall–Kier alpha value is -3.28. The molecule has 6 nitrogen and oxygen atoms in total. The van der Waals surface area contributed by atoms with Gasteiger partial charge in [0.05, 0.1) is 13.2 Å². The maximum Gasteiger partial charge on any atom is 0.347 e. The zero-order valence-corrected chi connectivity index (χ0v) is 24.7. The lowest BCUT2D eigenvalue weighted by molar-refractivity contribution is -0.153. The van der Waals surface area contributed by atoms with Gasteiger partial charge in [-0.1, -0.05) is 102 Å². The van der Waals surface area contributed by atoms with Gasteiger partial charge in [-0.3, -0.25) is 0 Å². The maximum absolute atomic E-state index is 13.1. The molecule has 0 aromatic heterocycles. The van der Waals surface area contributed by atoms with E-state index in [2.05, 4.69) is 27.7 Å². The molecule has 0 aliphatic heterocycles. The second-order valence-electron chi connectivity index (χ2n) is 10.3. The van der Waals surface area contributed by atoms with Crippen molar-refractivity contribution in [2.75, 3.05) is 13.2 Å². The Balaban J connectivity index is 2.06. The molecule has 6 heteroatoms. The number of hydrogen-bond donors (Lipinski definition) is 0. The lowest BCUT2D eigenvalue weighted by atomic mass is 10.00. The molecule has 2 atom stereocenters. The summed E-state index contributed by atoms with van der Waals surface area (Å²) in [6.07, 6.45) is 6.89. The van der Waals surface area contributed by atoms with E-state index < -0.39 is 12.2 Å². The summed E-state index contributed by atoms with van der Waals surface area (Å²) < 4.78 is 24.3. The minimum Gasteiger partial charge on any atom is -0.477 e. The van der Waals surface area contributed by atoms with Crippen molar-refractivity contribution in [1.82, 2.24) is 0 Å². The number of unbranched alkanes of at least 4 members (excludes halogenated alkanes) is 4. The Bertz CT molecular complexity index is 1070. The van der Waals surface area contributed by atoms with Gasteiger partial charge in [0.15, 0.2) is 12.2 Å². The van der Waals surface area contributed by atoms with Crippen LogP contribution in [0.4, 0.5) is 0 Å². The van der Waals surface area contributed by atoms with Crippen molar-refractivity contribution in [2.45, 2.75) is 104 Å². The summed E-state index contributed by atoms with van der Waals surface area (Å²) in [4.78, 5) is 26.1. The molecule has 0 amide bonds. The summed E-state index contributed by atoms with van der Waals surface area (Å²) in [6, 6.07) is 15.7. The van der Waals surface area contributed by atoms with E-state index in [1.807, 2.05) is 48.5 Å². The van der Waals surface area contributed by atoms with Crippen LogP contribution in [0.25, 0.3) is 21.5 Å². The highest BCUT2D eigenvalue weighted by atomic mass is 16.6. The molecule has 0 saturated carbocycles. The summed E-state index contributed by atoms with van der Waals surface area (Å²) in [7, 11) is 0. The van der Waals surface area contributed by atoms with Gasteiger partial charge in [0, 0.05) is 21.5 Å². The fourth-order valence-corrected chi connectivity index (χ4v) is 4.64. The lowest BCUT2D eigenvalue weighted by Gasteiger charge is -2.24. The number of fused-ring (bicyclic) bond motifs is 2. The molecule has 0 saturated heterocycles. The van der Waals surface area contributed by atoms with Gasteiger partial charge in [-0.2, -0.15) is 0 Å². The largest absolute Gasteiger partial charge is 0.477 e. The average molecular weight is 551 g/mol. The van der Waals surface area contributed by atoms with E-state index in [9.17, 15) is 9.59 Å². The van der Waals surface area contributed by atoms with Crippen molar-refractivity contribution in [3.8, 4) is 11.5 Å². The van der Waals surface area contributed by atoms with Crippen LogP contribution in [0.5, 0.6) is 11.5 Å². The quantitative estimate of drug-likeness (QED) is 0.0897. The summed E-state index contributed by atoms with van der Waals surface area (Å²) in [5.74, 6) is 0.597. The Morgan fingerprint density at radius 2 is 0.875 bits per heavy atom. The topological polar surface area (TPSA) is 71.1 Å². The van der Waals surface area contributed by atoms with Crippen molar-refractivity contribution < 1.29 is 28.5 Å². The molecular weight excluding hydrogens is 504 g/mol. The van der Waals surface area contributed by atoms with Crippen LogP contribution in [0.2, 0.25) is 0 Å². The molecule has 0 radical (unpaired) electrons. The highest BCUT2D eigenvalue weighted by Gasteiger charge is 2.27. The first-order chi connectivity index (χ1) is 19.5. The molecule has 3 aromatic carbocycles. The lowest BCUT2D eigenvalue weighted by Crippen LogP contribution is -2.30. The highest BCUT2D eigenvalue weighted by molar-refractivity contribution is 6.11. The van der Waals surface area contributed by atoms with Gasteiger partial charge in [-0.25, -0.2) is 9.59 Å². The highest BCUT2D eigenvalue weighted by Crippen LogP contribution is 2.44. The molecule has 3 rings (SSSR count). The standard InChI is InChI=1S/C34H46O6/c1-5-9-21-29(33(35)37-23-11-7-3)39-31-25-17-13-15-19-27(25)32(28-20-16-14-18-26(28)31)40-30(22-10-6-2)34(36)38-24-12-8-4/h13-20,29-30H,5-12,21-24H2,1-4H3. The van der Waals surface area contributed by atoms with Crippen LogP contribution < -0.4 is 9.47 Å². The molecule has 0 spiro atoms. The first kappa shape index (κ1) is 31.3. The number of benzene rings is 3. The van der Waals surface area contributed by atoms with Gasteiger partial charge < -0.3 is 18.9 Å². The molecule has 0 fully saturated rings. The minimum absolute atomic E-state index is 0.329. The van der Waals surface area contributed by atoms with Crippen molar-refractivity contribution in [1.29, 1.82) is 0 Å². The monoisotopic (exact) mass is 550 g/mol. The number of hydrogen-bond acceptors (Lipinski definition) is 6.